The molecule has 0 saturated heterocycles. The first kappa shape index (κ1) is 14.4. The summed E-state index contributed by atoms with van der Waals surface area (Å²) in [6.07, 6.45) is -4.37. The fourth-order valence-electron chi connectivity index (χ4n) is 1.56. The lowest BCUT2D eigenvalue weighted by atomic mass is 10.3. The topological polar surface area (TPSA) is 84.0 Å². The Balaban J connectivity index is 2.28. The number of anilines is 2. The quantitative estimate of drug-likeness (QED) is 0.622. The van der Waals surface area contributed by atoms with Crippen LogP contribution >= 0.6 is 11.6 Å². The largest absolute Gasteiger partial charge is 0.420 e. The molecule has 12 heteroatoms. The molecular weight excluding hydrogens is 376 g/mol. The van der Waals surface area contributed by atoms with Gasteiger partial charge in [-0.2, -0.15) is 13.2 Å². The molecule has 0 spiro atoms. The van der Waals surface area contributed by atoms with Gasteiger partial charge in [0.15, 0.2) is 0 Å². The number of halogens is 5. The average Bonchev–Trinajstić information content (AvgIpc) is 2.45. The molecule has 0 amide bonds. The van der Waals surface area contributed by atoms with Gasteiger partial charge in [0.05, 0.1) is 10.6 Å². The molecule has 0 fully saturated rings. The van der Waals surface area contributed by atoms with Crippen molar-refractivity contribution in [2.45, 2.75) is 11.1 Å². The second-order valence-corrected chi connectivity index (χ2v) is 6.31. The molecule has 0 aliphatic heterocycles. The third-order valence-corrected chi connectivity index (χ3v) is 4.11. The summed E-state index contributed by atoms with van der Waals surface area (Å²) in [6.45, 7) is -3.02. The molecule has 0 aliphatic rings. The summed E-state index contributed by atoms with van der Waals surface area (Å²) in [7, 11) is -4.52. The van der Waals surface area contributed by atoms with Crippen molar-refractivity contribution in [3.05, 3.63) is 40.9 Å². The molecule has 2 rings (SSSR count). The van der Waals surface area contributed by atoms with Crippen molar-refractivity contribution in [3.8, 4) is 0 Å². The van der Waals surface area contributed by atoms with Gasteiger partial charge in [-0.25, -0.2) is 27.5 Å². The van der Waals surface area contributed by atoms with E-state index in [1.165, 1.54) is 4.72 Å². The molecule has 0 unspecified atom stereocenters. The zero-order valence-corrected chi connectivity index (χ0v) is 12.9. The fourth-order valence-corrected chi connectivity index (χ4v) is 2.41. The van der Waals surface area contributed by atoms with Crippen LogP contribution in [0.1, 0.15) is 9.68 Å². The number of sulfonamides is 1. The van der Waals surface area contributed by atoms with Gasteiger partial charge in [-0.1, -0.05) is 11.6 Å². The number of nitrogens with one attached hydrogen (secondary N) is 2. The van der Waals surface area contributed by atoms with Crippen LogP contribution in [0.15, 0.2) is 29.3 Å². The molecule has 1 heterocycles. The van der Waals surface area contributed by atoms with Gasteiger partial charge in [0, 0.05) is 10.3 Å². The molecular formula is C12H9ClF4N4O2S. The van der Waals surface area contributed by atoms with E-state index >= 15 is 0 Å². The molecule has 1 aromatic carbocycles. The van der Waals surface area contributed by atoms with E-state index < -0.39 is 50.6 Å². The molecule has 24 heavy (non-hydrogen) atoms. The maximum atomic E-state index is 14.1. The molecule has 0 atom stereocenters. The van der Waals surface area contributed by atoms with Gasteiger partial charge in [0.2, 0.25) is 16.0 Å². The zero-order valence-electron chi connectivity index (χ0n) is 14.3. The summed E-state index contributed by atoms with van der Waals surface area (Å²) in [4.78, 5) is 6.04. The fraction of sp³-hybridized carbons (Fsp3) is 0.167. The molecule has 0 bridgehead atoms. The van der Waals surface area contributed by atoms with Gasteiger partial charge >= 0.3 is 6.18 Å². The van der Waals surface area contributed by atoms with E-state index in [-0.39, 0.29) is 5.69 Å². The van der Waals surface area contributed by atoms with Crippen LogP contribution in [0, 0.1) is 5.82 Å². The monoisotopic (exact) mass is 387 g/mol. The number of hydrogen-bond donors (Lipinski definition) is 2. The number of hydrogen-bond acceptors (Lipinski definition) is 5. The predicted octanol–water partition coefficient (Wildman–Crippen LogP) is 2.94. The minimum Gasteiger partial charge on any atom is -0.322 e. The van der Waals surface area contributed by atoms with Crippen LogP contribution in [-0.4, -0.2) is 25.4 Å². The molecule has 0 radical (unpaired) electrons. The first-order valence-electron chi connectivity index (χ1n) is 7.39. The number of alkyl halides is 3. The number of benzene rings is 1. The van der Waals surface area contributed by atoms with Crippen molar-refractivity contribution >= 4 is 33.3 Å². The predicted molar refractivity (Wildman–Crippen MR) is 78.0 cm³/mol. The Morgan fingerprint density at radius 1 is 1.33 bits per heavy atom. The first-order chi connectivity index (χ1) is 12.2. The highest BCUT2D eigenvalue weighted by molar-refractivity contribution is 7.89. The molecule has 0 saturated carbocycles. The van der Waals surface area contributed by atoms with Gasteiger partial charge in [-0.3, -0.25) is 0 Å². The maximum absolute atomic E-state index is 14.1. The highest BCUT2D eigenvalue weighted by Crippen LogP contribution is 2.33. The SMILES string of the molecule is [2H]C([2H])([2H])NS(=O)(=O)c1ccc(Nc2ncc(C(F)(F)F)c(Cl)n2)c(F)c1. The third kappa shape index (κ3) is 3.91. The standard InChI is InChI=1S/C12H9ClF4N4O2S/c1-18-24(22,23)6-2-3-9(8(14)4-6)20-11-19-5-7(10(13)21-11)12(15,16)17/h2-5,18H,1H3,(H,19,20,21)/i1D3. The minimum atomic E-state index is -4.77. The van der Waals surface area contributed by atoms with Crippen LogP contribution in [0.2, 0.25) is 5.15 Å². The van der Waals surface area contributed by atoms with Crippen LogP contribution in [0.4, 0.5) is 29.2 Å². The molecule has 130 valence electrons. The summed E-state index contributed by atoms with van der Waals surface area (Å²) >= 11 is 5.42. The number of rotatable bonds is 4. The first-order valence-corrected chi connectivity index (χ1v) is 7.75. The van der Waals surface area contributed by atoms with Crippen LogP contribution < -0.4 is 10.0 Å². The Morgan fingerprint density at radius 3 is 2.58 bits per heavy atom. The van der Waals surface area contributed by atoms with E-state index in [0.29, 0.717) is 12.3 Å². The van der Waals surface area contributed by atoms with Gasteiger partial charge in [-0.05, 0) is 25.2 Å². The molecule has 2 aromatic rings. The van der Waals surface area contributed by atoms with Crippen molar-refractivity contribution in [1.29, 1.82) is 0 Å². The second-order valence-electron chi connectivity index (χ2n) is 4.27. The average molecular weight is 388 g/mol. The highest BCUT2D eigenvalue weighted by Gasteiger charge is 2.34. The lowest BCUT2D eigenvalue weighted by Gasteiger charge is -2.11. The van der Waals surface area contributed by atoms with Crippen molar-refractivity contribution in [2.75, 3.05) is 12.3 Å². The summed E-state index contributed by atoms with van der Waals surface area (Å²) in [5.74, 6) is -1.62. The van der Waals surface area contributed by atoms with Crippen molar-refractivity contribution < 1.29 is 30.1 Å². The minimum absolute atomic E-state index is 0.376. The number of nitrogens with zero attached hydrogens (tertiary/aromatic N) is 2. The lowest BCUT2D eigenvalue weighted by Crippen LogP contribution is -2.18. The second kappa shape index (κ2) is 6.49. The third-order valence-electron chi connectivity index (χ3n) is 2.68. The Kier molecular flexibility index (Phi) is 3.89. The van der Waals surface area contributed by atoms with Crippen LogP contribution in [0.5, 0.6) is 0 Å². The van der Waals surface area contributed by atoms with E-state index in [1.807, 2.05) is 0 Å². The van der Waals surface area contributed by atoms with Crippen LogP contribution in [0.3, 0.4) is 0 Å². The smallest absolute Gasteiger partial charge is 0.322 e. The van der Waals surface area contributed by atoms with Crippen LogP contribution in [-0.2, 0) is 16.2 Å². The van der Waals surface area contributed by atoms with Crippen LogP contribution in [0.25, 0.3) is 0 Å². The Bertz CT molecular complexity index is 970. The van der Waals surface area contributed by atoms with Gasteiger partial charge in [-0.15, -0.1) is 0 Å². The van der Waals surface area contributed by atoms with Gasteiger partial charge in [0.1, 0.15) is 16.5 Å². The van der Waals surface area contributed by atoms with E-state index in [0.717, 1.165) is 12.1 Å². The Hall–Kier alpha value is -1.98. The highest BCUT2D eigenvalue weighted by atomic mass is 35.5. The van der Waals surface area contributed by atoms with Crippen molar-refractivity contribution in [3.63, 3.8) is 0 Å². The Morgan fingerprint density at radius 2 is 2.04 bits per heavy atom. The Labute approximate surface area is 143 Å². The molecule has 0 aliphatic carbocycles. The number of aromatic nitrogens is 2. The summed E-state index contributed by atoms with van der Waals surface area (Å²) in [5, 5.41) is 1.33. The molecule has 2 N–H and O–H groups in total. The van der Waals surface area contributed by atoms with E-state index in [4.69, 9.17) is 15.7 Å². The van der Waals surface area contributed by atoms with Crippen molar-refractivity contribution in [1.82, 2.24) is 14.7 Å². The van der Waals surface area contributed by atoms with Gasteiger partial charge < -0.3 is 5.32 Å². The maximum Gasteiger partial charge on any atom is 0.420 e. The van der Waals surface area contributed by atoms with E-state index in [1.54, 1.807) is 0 Å². The zero-order chi connectivity index (χ0) is 20.6. The van der Waals surface area contributed by atoms with E-state index in [2.05, 4.69) is 15.3 Å². The molecule has 1 aromatic heterocycles. The summed E-state index contributed by atoms with van der Waals surface area (Å²) in [5.41, 5.74) is -1.66. The molecule has 6 nitrogen and oxygen atoms in total. The van der Waals surface area contributed by atoms with Gasteiger partial charge in [0.25, 0.3) is 0 Å². The van der Waals surface area contributed by atoms with Crippen molar-refractivity contribution in [2.24, 2.45) is 0 Å². The lowest BCUT2D eigenvalue weighted by molar-refractivity contribution is -0.137. The van der Waals surface area contributed by atoms with E-state index in [9.17, 15) is 26.0 Å². The summed E-state index contributed by atoms with van der Waals surface area (Å²) in [6, 6.07) is 2.31. The normalized spacial score (nSPS) is 14.6. The summed E-state index contributed by atoms with van der Waals surface area (Å²) < 4.78 is 97.6.